The van der Waals surface area contributed by atoms with Crippen LogP contribution in [0.2, 0.25) is 0 Å². The van der Waals surface area contributed by atoms with Crippen molar-refractivity contribution < 1.29 is 13.9 Å². The van der Waals surface area contributed by atoms with Crippen LogP contribution in [0.4, 0.5) is 14.5 Å². The second-order valence-corrected chi connectivity index (χ2v) is 3.29. The molecule has 1 aromatic rings. The molecule has 0 saturated heterocycles. The molecule has 4 heteroatoms. The minimum atomic E-state index is -0.489. The van der Waals surface area contributed by atoms with Crippen molar-refractivity contribution in [3.05, 3.63) is 29.8 Å². The predicted octanol–water partition coefficient (Wildman–Crippen LogP) is 2.01. The molecular weight excluding hydrogens is 188 g/mol. The maximum atomic E-state index is 13.0. The third-order valence-corrected chi connectivity index (χ3v) is 1.88. The lowest BCUT2D eigenvalue weighted by atomic mass is 10.2. The molecule has 1 unspecified atom stereocenters. The topological polar surface area (TPSA) is 32.3 Å². The highest BCUT2D eigenvalue weighted by Gasteiger charge is 2.05. The van der Waals surface area contributed by atoms with E-state index in [1.807, 2.05) is 6.92 Å². The van der Waals surface area contributed by atoms with Crippen LogP contribution in [-0.2, 0) is 0 Å². The number of benzene rings is 1. The number of hydrogen-bond donors (Lipinski definition) is 2. The number of hydrogen-bond acceptors (Lipinski definition) is 2. The molecule has 1 atom stereocenters. The quantitative estimate of drug-likeness (QED) is 0.781. The summed E-state index contributed by atoms with van der Waals surface area (Å²) in [6.45, 7) is 2.24. The van der Waals surface area contributed by atoms with Gasteiger partial charge in [-0.05, 0) is 24.1 Å². The molecule has 0 bridgehead atoms. The minimum absolute atomic E-state index is 0.0117. The predicted molar refractivity (Wildman–Crippen MR) is 51.1 cm³/mol. The molecule has 0 spiro atoms. The average molecular weight is 201 g/mol. The maximum Gasteiger partial charge on any atom is 0.146 e. The Morgan fingerprint density at radius 1 is 1.43 bits per heavy atom. The van der Waals surface area contributed by atoms with Crippen molar-refractivity contribution in [2.24, 2.45) is 5.92 Å². The molecule has 0 aliphatic carbocycles. The van der Waals surface area contributed by atoms with Crippen molar-refractivity contribution in [2.45, 2.75) is 6.92 Å². The summed E-state index contributed by atoms with van der Waals surface area (Å²) in [4.78, 5) is 0. The highest BCUT2D eigenvalue weighted by atomic mass is 19.1. The monoisotopic (exact) mass is 201 g/mol. The minimum Gasteiger partial charge on any atom is -0.396 e. The van der Waals surface area contributed by atoms with Gasteiger partial charge in [-0.3, -0.25) is 0 Å². The summed E-state index contributed by atoms with van der Waals surface area (Å²) < 4.78 is 25.7. The van der Waals surface area contributed by atoms with E-state index in [1.54, 1.807) is 0 Å². The summed E-state index contributed by atoms with van der Waals surface area (Å²) in [6.07, 6.45) is 0. The number of anilines is 1. The van der Waals surface area contributed by atoms with Crippen molar-refractivity contribution in [3.8, 4) is 0 Å². The summed E-state index contributed by atoms with van der Waals surface area (Å²) in [5.41, 5.74) is 0.130. The van der Waals surface area contributed by atoms with E-state index in [9.17, 15) is 8.78 Å². The molecule has 14 heavy (non-hydrogen) atoms. The van der Waals surface area contributed by atoms with Crippen LogP contribution in [-0.4, -0.2) is 18.3 Å². The van der Waals surface area contributed by atoms with E-state index in [4.69, 9.17) is 5.11 Å². The average Bonchev–Trinajstić information content (AvgIpc) is 2.19. The molecule has 0 aromatic heterocycles. The molecule has 0 fully saturated rings. The van der Waals surface area contributed by atoms with Gasteiger partial charge >= 0.3 is 0 Å². The van der Waals surface area contributed by atoms with Crippen molar-refractivity contribution in [2.75, 3.05) is 18.5 Å². The smallest absolute Gasteiger partial charge is 0.146 e. The summed E-state index contributed by atoms with van der Waals surface area (Å²) in [7, 11) is 0. The maximum absolute atomic E-state index is 13.0. The number of halogens is 2. The van der Waals surface area contributed by atoms with Gasteiger partial charge in [0.25, 0.3) is 0 Å². The fourth-order valence-corrected chi connectivity index (χ4v) is 0.982. The molecule has 2 N–H and O–H groups in total. The standard InChI is InChI=1S/C10H13F2NO/c1-7(6-14)5-13-10-4-8(11)2-3-9(10)12/h2-4,7,13-14H,5-6H2,1H3. The van der Waals surface area contributed by atoms with E-state index in [0.717, 1.165) is 18.2 Å². The normalized spacial score (nSPS) is 12.6. The van der Waals surface area contributed by atoms with Gasteiger partial charge in [-0.1, -0.05) is 6.92 Å². The summed E-state index contributed by atoms with van der Waals surface area (Å²) in [5.74, 6) is -0.959. The zero-order chi connectivity index (χ0) is 10.6. The van der Waals surface area contributed by atoms with Gasteiger partial charge in [0.2, 0.25) is 0 Å². The van der Waals surface area contributed by atoms with E-state index < -0.39 is 11.6 Å². The Kier molecular flexibility index (Phi) is 3.83. The Morgan fingerprint density at radius 2 is 2.14 bits per heavy atom. The van der Waals surface area contributed by atoms with Crippen LogP contribution in [0, 0.1) is 17.6 Å². The first-order valence-corrected chi connectivity index (χ1v) is 4.43. The lowest BCUT2D eigenvalue weighted by Crippen LogP contribution is -2.15. The molecule has 0 aliphatic rings. The van der Waals surface area contributed by atoms with E-state index in [-0.39, 0.29) is 18.2 Å². The van der Waals surface area contributed by atoms with Crippen molar-refractivity contribution in [1.29, 1.82) is 0 Å². The van der Waals surface area contributed by atoms with Gasteiger partial charge < -0.3 is 10.4 Å². The van der Waals surface area contributed by atoms with Crippen LogP contribution < -0.4 is 5.32 Å². The summed E-state index contributed by atoms with van der Waals surface area (Å²) in [5, 5.41) is 11.5. The first kappa shape index (κ1) is 10.9. The Hall–Kier alpha value is -1.16. The first-order valence-electron chi connectivity index (χ1n) is 4.43. The van der Waals surface area contributed by atoms with Gasteiger partial charge in [0.1, 0.15) is 11.6 Å². The third-order valence-electron chi connectivity index (χ3n) is 1.88. The van der Waals surface area contributed by atoms with E-state index >= 15 is 0 Å². The highest BCUT2D eigenvalue weighted by molar-refractivity contribution is 5.44. The highest BCUT2D eigenvalue weighted by Crippen LogP contribution is 2.15. The lowest BCUT2D eigenvalue weighted by Gasteiger charge is -2.11. The first-order chi connectivity index (χ1) is 6.63. The van der Waals surface area contributed by atoms with Gasteiger partial charge in [-0.2, -0.15) is 0 Å². The van der Waals surface area contributed by atoms with Crippen molar-refractivity contribution in [3.63, 3.8) is 0 Å². The Balaban J connectivity index is 2.62. The molecule has 0 heterocycles. The molecule has 1 aromatic carbocycles. The Labute approximate surface area is 81.6 Å². The number of rotatable bonds is 4. The zero-order valence-electron chi connectivity index (χ0n) is 7.93. The van der Waals surface area contributed by atoms with Crippen molar-refractivity contribution >= 4 is 5.69 Å². The molecule has 0 radical (unpaired) electrons. The molecule has 1 rings (SSSR count). The molecule has 0 aliphatic heterocycles. The van der Waals surface area contributed by atoms with Gasteiger partial charge in [0, 0.05) is 13.2 Å². The van der Waals surface area contributed by atoms with Gasteiger partial charge in [-0.15, -0.1) is 0 Å². The number of nitrogens with one attached hydrogen (secondary N) is 1. The number of aliphatic hydroxyl groups excluding tert-OH is 1. The summed E-state index contributed by atoms with van der Waals surface area (Å²) >= 11 is 0. The molecule has 0 saturated carbocycles. The lowest BCUT2D eigenvalue weighted by molar-refractivity contribution is 0.244. The Morgan fingerprint density at radius 3 is 2.79 bits per heavy atom. The van der Waals surface area contributed by atoms with Gasteiger partial charge in [-0.25, -0.2) is 8.78 Å². The summed E-state index contributed by atoms with van der Waals surface area (Å²) in [6, 6.07) is 3.23. The van der Waals surface area contributed by atoms with E-state index in [1.165, 1.54) is 0 Å². The van der Waals surface area contributed by atoms with Crippen LogP contribution >= 0.6 is 0 Å². The SMILES string of the molecule is CC(CO)CNc1cc(F)ccc1F. The fourth-order valence-electron chi connectivity index (χ4n) is 0.982. The van der Waals surface area contributed by atoms with Crippen LogP contribution in [0.1, 0.15) is 6.92 Å². The zero-order valence-corrected chi connectivity index (χ0v) is 7.93. The molecular formula is C10H13F2NO. The van der Waals surface area contributed by atoms with Gasteiger partial charge in [0.05, 0.1) is 5.69 Å². The van der Waals surface area contributed by atoms with Crippen molar-refractivity contribution in [1.82, 2.24) is 0 Å². The van der Waals surface area contributed by atoms with Crippen LogP contribution in [0.3, 0.4) is 0 Å². The Bertz CT molecular complexity index is 304. The second kappa shape index (κ2) is 4.91. The molecule has 2 nitrogen and oxygen atoms in total. The molecule has 0 amide bonds. The third kappa shape index (κ3) is 2.96. The van der Waals surface area contributed by atoms with E-state index in [2.05, 4.69) is 5.32 Å². The van der Waals surface area contributed by atoms with Crippen LogP contribution in [0.15, 0.2) is 18.2 Å². The number of aliphatic hydroxyl groups is 1. The van der Waals surface area contributed by atoms with Gasteiger partial charge in [0.15, 0.2) is 0 Å². The second-order valence-electron chi connectivity index (χ2n) is 3.29. The van der Waals surface area contributed by atoms with Crippen LogP contribution in [0.25, 0.3) is 0 Å². The van der Waals surface area contributed by atoms with Crippen LogP contribution in [0.5, 0.6) is 0 Å². The fraction of sp³-hybridized carbons (Fsp3) is 0.400. The van der Waals surface area contributed by atoms with E-state index in [0.29, 0.717) is 6.54 Å². The largest absolute Gasteiger partial charge is 0.396 e. The molecule has 78 valence electrons.